The summed E-state index contributed by atoms with van der Waals surface area (Å²) >= 11 is 0. The Balaban J connectivity index is 2.78. The van der Waals surface area contributed by atoms with Crippen molar-refractivity contribution in [3.63, 3.8) is 0 Å². The molecule has 16 heavy (non-hydrogen) atoms. The van der Waals surface area contributed by atoms with Crippen LogP contribution in [-0.4, -0.2) is 17.7 Å². The summed E-state index contributed by atoms with van der Waals surface area (Å²) in [6, 6.07) is 5.66. The maximum Gasteiger partial charge on any atom is 0.330 e. The zero-order valence-electron chi connectivity index (χ0n) is 9.56. The monoisotopic (exact) mass is 220 g/mol. The molecule has 0 spiro atoms. The zero-order valence-corrected chi connectivity index (χ0v) is 9.56. The molecule has 0 radical (unpaired) electrons. The van der Waals surface area contributed by atoms with Gasteiger partial charge in [-0.05, 0) is 42.7 Å². The van der Waals surface area contributed by atoms with Crippen molar-refractivity contribution in [3.8, 4) is 0 Å². The quantitative estimate of drug-likeness (QED) is 0.624. The van der Waals surface area contributed by atoms with Crippen molar-refractivity contribution >= 4 is 12.0 Å². The lowest BCUT2D eigenvalue weighted by molar-refractivity contribution is -0.137. The second kappa shape index (κ2) is 6.08. The summed E-state index contributed by atoms with van der Waals surface area (Å²) in [5.41, 5.74) is 2.78. The van der Waals surface area contributed by atoms with E-state index in [1.54, 1.807) is 13.0 Å². The molecule has 0 heterocycles. The third-order valence-electron chi connectivity index (χ3n) is 2.24. The molecule has 0 aliphatic carbocycles. The van der Waals surface area contributed by atoms with E-state index >= 15 is 0 Å². The SMILES string of the molecule is CCOC(=O)C=Cc1ccc(C)c(CO)c1. The van der Waals surface area contributed by atoms with E-state index in [0.717, 1.165) is 16.7 Å². The normalized spacial score (nSPS) is 10.7. The predicted octanol–water partition coefficient (Wildman–Crippen LogP) is 2.06. The van der Waals surface area contributed by atoms with E-state index in [-0.39, 0.29) is 12.6 Å². The van der Waals surface area contributed by atoms with Crippen LogP contribution in [0.25, 0.3) is 6.08 Å². The molecule has 86 valence electrons. The molecule has 0 saturated carbocycles. The third kappa shape index (κ3) is 3.51. The number of ether oxygens (including phenoxy) is 1. The molecule has 1 aromatic rings. The first-order chi connectivity index (χ1) is 7.67. The lowest BCUT2D eigenvalue weighted by Gasteiger charge is -2.03. The number of benzene rings is 1. The van der Waals surface area contributed by atoms with Crippen LogP contribution >= 0.6 is 0 Å². The summed E-state index contributed by atoms with van der Waals surface area (Å²) in [7, 11) is 0. The van der Waals surface area contributed by atoms with Gasteiger partial charge in [-0.3, -0.25) is 0 Å². The minimum absolute atomic E-state index is 0.00686. The first-order valence-electron chi connectivity index (χ1n) is 5.22. The Morgan fingerprint density at radius 3 is 2.88 bits per heavy atom. The highest BCUT2D eigenvalue weighted by Gasteiger charge is 1.98. The summed E-state index contributed by atoms with van der Waals surface area (Å²) in [6.07, 6.45) is 3.06. The van der Waals surface area contributed by atoms with Crippen molar-refractivity contribution in [2.24, 2.45) is 0 Å². The van der Waals surface area contributed by atoms with E-state index in [0.29, 0.717) is 6.61 Å². The minimum Gasteiger partial charge on any atom is -0.463 e. The van der Waals surface area contributed by atoms with Gasteiger partial charge in [0.1, 0.15) is 0 Å². The van der Waals surface area contributed by atoms with Crippen molar-refractivity contribution in [1.29, 1.82) is 0 Å². The highest BCUT2D eigenvalue weighted by molar-refractivity contribution is 5.87. The lowest BCUT2D eigenvalue weighted by atomic mass is 10.1. The van der Waals surface area contributed by atoms with E-state index < -0.39 is 0 Å². The summed E-state index contributed by atoms with van der Waals surface area (Å²) in [5.74, 6) is -0.353. The van der Waals surface area contributed by atoms with Gasteiger partial charge < -0.3 is 9.84 Å². The van der Waals surface area contributed by atoms with Crippen LogP contribution in [0.1, 0.15) is 23.6 Å². The number of aliphatic hydroxyl groups excluding tert-OH is 1. The van der Waals surface area contributed by atoms with Gasteiger partial charge in [-0.2, -0.15) is 0 Å². The fourth-order valence-electron chi connectivity index (χ4n) is 1.32. The molecule has 0 aliphatic rings. The molecule has 3 heteroatoms. The van der Waals surface area contributed by atoms with Crippen molar-refractivity contribution in [2.45, 2.75) is 20.5 Å². The number of carbonyl (C=O) groups is 1. The highest BCUT2D eigenvalue weighted by Crippen LogP contribution is 2.12. The van der Waals surface area contributed by atoms with Crippen LogP contribution in [0.2, 0.25) is 0 Å². The Morgan fingerprint density at radius 2 is 2.25 bits per heavy atom. The Bertz CT molecular complexity index is 394. The second-order valence-corrected chi connectivity index (χ2v) is 3.43. The van der Waals surface area contributed by atoms with Crippen LogP contribution in [-0.2, 0) is 16.1 Å². The van der Waals surface area contributed by atoms with E-state index in [2.05, 4.69) is 0 Å². The highest BCUT2D eigenvalue weighted by atomic mass is 16.5. The Kier molecular flexibility index (Phi) is 4.73. The second-order valence-electron chi connectivity index (χ2n) is 3.43. The Morgan fingerprint density at radius 1 is 1.50 bits per heavy atom. The maximum atomic E-state index is 11.1. The first kappa shape index (κ1) is 12.5. The maximum absolute atomic E-state index is 11.1. The van der Waals surface area contributed by atoms with Gasteiger partial charge in [-0.15, -0.1) is 0 Å². The lowest BCUT2D eigenvalue weighted by Crippen LogP contribution is -1.98. The number of aliphatic hydroxyl groups is 1. The van der Waals surface area contributed by atoms with Gasteiger partial charge in [0.25, 0.3) is 0 Å². The number of esters is 1. The predicted molar refractivity (Wildman–Crippen MR) is 62.8 cm³/mol. The van der Waals surface area contributed by atoms with Crippen molar-refractivity contribution in [2.75, 3.05) is 6.61 Å². The van der Waals surface area contributed by atoms with Crippen LogP contribution in [0.5, 0.6) is 0 Å². The summed E-state index contributed by atoms with van der Waals surface area (Å²) in [6.45, 7) is 4.08. The molecule has 0 fully saturated rings. The van der Waals surface area contributed by atoms with E-state index in [1.165, 1.54) is 6.08 Å². The summed E-state index contributed by atoms with van der Waals surface area (Å²) in [4.78, 5) is 11.1. The topological polar surface area (TPSA) is 46.5 Å². The van der Waals surface area contributed by atoms with Crippen LogP contribution in [0, 0.1) is 6.92 Å². The molecule has 1 aromatic carbocycles. The fraction of sp³-hybridized carbons (Fsp3) is 0.308. The first-order valence-corrected chi connectivity index (χ1v) is 5.22. The van der Waals surface area contributed by atoms with E-state index in [9.17, 15) is 4.79 Å². The molecular formula is C13H16O3. The number of hydrogen-bond acceptors (Lipinski definition) is 3. The van der Waals surface area contributed by atoms with E-state index in [4.69, 9.17) is 9.84 Å². The van der Waals surface area contributed by atoms with Gasteiger partial charge in [0.05, 0.1) is 13.2 Å². The van der Waals surface area contributed by atoms with Crippen LogP contribution in [0.15, 0.2) is 24.3 Å². The number of hydrogen-bond donors (Lipinski definition) is 1. The number of rotatable bonds is 4. The van der Waals surface area contributed by atoms with Crippen molar-refractivity contribution in [1.82, 2.24) is 0 Å². The van der Waals surface area contributed by atoms with Crippen LogP contribution in [0.3, 0.4) is 0 Å². The Labute approximate surface area is 95.4 Å². The third-order valence-corrected chi connectivity index (χ3v) is 2.24. The molecule has 0 aromatic heterocycles. The van der Waals surface area contributed by atoms with Crippen LogP contribution < -0.4 is 0 Å². The van der Waals surface area contributed by atoms with E-state index in [1.807, 2.05) is 25.1 Å². The molecule has 3 nitrogen and oxygen atoms in total. The Hall–Kier alpha value is -1.61. The van der Waals surface area contributed by atoms with Gasteiger partial charge in [-0.25, -0.2) is 4.79 Å². The number of aryl methyl sites for hydroxylation is 1. The van der Waals surface area contributed by atoms with Gasteiger partial charge in [0.15, 0.2) is 0 Å². The average Bonchev–Trinajstić information content (AvgIpc) is 2.28. The average molecular weight is 220 g/mol. The van der Waals surface area contributed by atoms with Gasteiger partial charge in [-0.1, -0.05) is 12.1 Å². The molecular weight excluding hydrogens is 204 g/mol. The molecule has 0 amide bonds. The summed E-state index contributed by atoms with van der Waals surface area (Å²) < 4.78 is 4.77. The van der Waals surface area contributed by atoms with Crippen molar-refractivity contribution < 1.29 is 14.6 Å². The molecule has 1 rings (SSSR count). The molecule has 0 bridgehead atoms. The molecule has 1 N–H and O–H groups in total. The largest absolute Gasteiger partial charge is 0.463 e. The molecule has 0 saturated heterocycles. The van der Waals surface area contributed by atoms with Gasteiger partial charge in [0, 0.05) is 6.08 Å². The minimum atomic E-state index is -0.353. The molecule has 0 unspecified atom stereocenters. The standard InChI is InChI=1S/C13H16O3/c1-3-16-13(15)7-6-11-5-4-10(2)12(8-11)9-14/h4-8,14H,3,9H2,1-2H3. The molecule has 0 atom stereocenters. The summed E-state index contributed by atoms with van der Waals surface area (Å²) in [5, 5.41) is 9.09. The zero-order chi connectivity index (χ0) is 12.0. The smallest absolute Gasteiger partial charge is 0.330 e. The fourth-order valence-corrected chi connectivity index (χ4v) is 1.32. The molecule has 0 aliphatic heterocycles. The van der Waals surface area contributed by atoms with Gasteiger partial charge in [0.2, 0.25) is 0 Å². The number of carbonyl (C=O) groups excluding carboxylic acids is 1. The van der Waals surface area contributed by atoms with Crippen LogP contribution in [0.4, 0.5) is 0 Å². The van der Waals surface area contributed by atoms with Crippen molar-refractivity contribution in [3.05, 3.63) is 41.0 Å². The van der Waals surface area contributed by atoms with Gasteiger partial charge >= 0.3 is 5.97 Å².